The largest absolute Gasteiger partial charge is 0.351 e. The van der Waals surface area contributed by atoms with Crippen molar-refractivity contribution in [2.45, 2.75) is 19.3 Å². The second kappa shape index (κ2) is 3.93. The number of benzene rings is 1. The number of fused-ring (bicyclic) bond motifs is 1. The van der Waals surface area contributed by atoms with Gasteiger partial charge in [0.2, 0.25) is 0 Å². The molecule has 1 heteroatoms. The van der Waals surface area contributed by atoms with Gasteiger partial charge in [-0.05, 0) is 24.1 Å². The van der Waals surface area contributed by atoms with E-state index in [0.717, 1.165) is 12.1 Å². The normalized spacial score (nSPS) is 22.9. The first kappa shape index (κ1) is 10.0. The zero-order valence-corrected chi connectivity index (χ0v) is 9.40. The molecule has 0 spiro atoms. The summed E-state index contributed by atoms with van der Waals surface area (Å²) in [6.45, 7) is 6.41. The molecule has 0 amide bonds. The van der Waals surface area contributed by atoms with Gasteiger partial charge >= 0.3 is 0 Å². The molecule has 0 aliphatic carbocycles. The average molecular weight is 199 g/mol. The quantitative estimate of drug-likeness (QED) is 0.617. The topological polar surface area (TPSA) is 3.24 Å². The van der Waals surface area contributed by atoms with Gasteiger partial charge in [-0.25, -0.2) is 0 Å². The van der Waals surface area contributed by atoms with E-state index in [1.165, 1.54) is 11.1 Å². The standard InChI is InChI=1S/C14H17N/c1-11-7-6-10-15(3)12(2)14-9-5-4-8-13(11)14/h4-6,8-11H,2,7H2,1,3H3/b10-6-. The summed E-state index contributed by atoms with van der Waals surface area (Å²) >= 11 is 0. The second-order valence-corrected chi connectivity index (χ2v) is 4.17. The van der Waals surface area contributed by atoms with Crippen molar-refractivity contribution in [2.75, 3.05) is 7.05 Å². The lowest BCUT2D eigenvalue weighted by Crippen LogP contribution is -2.12. The number of rotatable bonds is 0. The van der Waals surface area contributed by atoms with Crippen LogP contribution >= 0.6 is 0 Å². The van der Waals surface area contributed by atoms with Gasteiger partial charge in [0.05, 0.1) is 0 Å². The molecule has 1 aliphatic rings. The van der Waals surface area contributed by atoms with Crippen LogP contribution in [0, 0.1) is 0 Å². The lowest BCUT2D eigenvalue weighted by Gasteiger charge is -2.25. The summed E-state index contributed by atoms with van der Waals surface area (Å²) in [6.07, 6.45) is 5.41. The van der Waals surface area contributed by atoms with Crippen molar-refractivity contribution >= 4 is 5.70 Å². The van der Waals surface area contributed by atoms with Crippen LogP contribution in [0.1, 0.15) is 30.4 Å². The van der Waals surface area contributed by atoms with Crippen LogP contribution in [0.2, 0.25) is 0 Å². The van der Waals surface area contributed by atoms with Gasteiger partial charge in [-0.3, -0.25) is 0 Å². The Kier molecular flexibility index (Phi) is 2.63. The molecule has 0 saturated heterocycles. The van der Waals surface area contributed by atoms with Crippen LogP contribution in [0.15, 0.2) is 43.1 Å². The van der Waals surface area contributed by atoms with Crippen molar-refractivity contribution in [2.24, 2.45) is 0 Å². The molecule has 0 bridgehead atoms. The van der Waals surface area contributed by atoms with Gasteiger partial charge in [-0.2, -0.15) is 0 Å². The predicted molar refractivity (Wildman–Crippen MR) is 65.4 cm³/mol. The van der Waals surface area contributed by atoms with E-state index in [4.69, 9.17) is 0 Å². The lowest BCUT2D eigenvalue weighted by molar-refractivity contribution is 0.633. The van der Waals surface area contributed by atoms with Gasteiger partial charge < -0.3 is 4.90 Å². The summed E-state index contributed by atoms with van der Waals surface area (Å²) < 4.78 is 0. The summed E-state index contributed by atoms with van der Waals surface area (Å²) in [5, 5.41) is 0. The van der Waals surface area contributed by atoms with Crippen molar-refractivity contribution in [1.82, 2.24) is 4.90 Å². The first-order chi connectivity index (χ1) is 7.20. The fourth-order valence-corrected chi connectivity index (χ4v) is 2.02. The molecule has 1 aromatic carbocycles. The van der Waals surface area contributed by atoms with Crippen molar-refractivity contribution in [3.05, 3.63) is 54.2 Å². The summed E-state index contributed by atoms with van der Waals surface area (Å²) in [5.41, 5.74) is 3.75. The molecule has 0 saturated carbocycles. The van der Waals surface area contributed by atoms with Gasteiger partial charge in [0.25, 0.3) is 0 Å². The van der Waals surface area contributed by atoms with Gasteiger partial charge in [-0.1, -0.05) is 43.8 Å². The van der Waals surface area contributed by atoms with Crippen molar-refractivity contribution in [3.8, 4) is 0 Å². The molecule has 1 atom stereocenters. The highest BCUT2D eigenvalue weighted by Gasteiger charge is 2.14. The van der Waals surface area contributed by atoms with E-state index < -0.39 is 0 Å². The third-order valence-corrected chi connectivity index (χ3v) is 3.05. The maximum Gasteiger partial charge on any atom is 0.0406 e. The molecule has 1 unspecified atom stereocenters. The number of hydrogen-bond acceptors (Lipinski definition) is 1. The maximum absolute atomic E-state index is 4.15. The first-order valence-corrected chi connectivity index (χ1v) is 5.38. The van der Waals surface area contributed by atoms with E-state index in [1.54, 1.807) is 0 Å². The first-order valence-electron chi connectivity index (χ1n) is 5.38. The number of nitrogens with zero attached hydrogens (tertiary/aromatic N) is 1. The molecule has 0 N–H and O–H groups in total. The van der Waals surface area contributed by atoms with Crippen LogP contribution in [0.25, 0.3) is 5.70 Å². The second-order valence-electron chi connectivity index (χ2n) is 4.17. The minimum absolute atomic E-state index is 0.572. The van der Waals surface area contributed by atoms with E-state index >= 15 is 0 Å². The smallest absolute Gasteiger partial charge is 0.0406 e. The fraction of sp³-hybridized carbons (Fsp3) is 0.286. The third kappa shape index (κ3) is 1.82. The summed E-state index contributed by atoms with van der Waals surface area (Å²) in [7, 11) is 2.05. The number of hydrogen-bond donors (Lipinski definition) is 0. The maximum atomic E-state index is 4.15. The Labute approximate surface area is 91.7 Å². The van der Waals surface area contributed by atoms with Crippen LogP contribution in [-0.4, -0.2) is 11.9 Å². The molecule has 1 aromatic rings. The molecule has 0 aromatic heterocycles. The Morgan fingerprint density at radius 1 is 1.33 bits per heavy atom. The SMILES string of the molecule is C=C1c2ccccc2C(C)C/C=C\N1C. The molecular weight excluding hydrogens is 182 g/mol. The van der Waals surface area contributed by atoms with Crippen LogP contribution in [0.4, 0.5) is 0 Å². The van der Waals surface area contributed by atoms with E-state index in [9.17, 15) is 0 Å². The Morgan fingerprint density at radius 3 is 2.87 bits per heavy atom. The molecule has 2 rings (SSSR count). The molecule has 1 aliphatic heterocycles. The van der Waals surface area contributed by atoms with Gasteiger partial charge in [-0.15, -0.1) is 0 Å². The van der Waals surface area contributed by atoms with Crippen LogP contribution in [0.5, 0.6) is 0 Å². The molecule has 1 heterocycles. The van der Waals surface area contributed by atoms with Crippen LogP contribution < -0.4 is 0 Å². The fourth-order valence-electron chi connectivity index (χ4n) is 2.02. The number of allylic oxidation sites excluding steroid dienone is 1. The minimum Gasteiger partial charge on any atom is -0.351 e. The Hall–Kier alpha value is -1.50. The molecule has 0 fully saturated rings. The summed E-state index contributed by atoms with van der Waals surface area (Å²) in [5.74, 6) is 0.572. The van der Waals surface area contributed by atoms with E-state index in [2.05, 4.69) is 54.9 Å². The summed E-state index contributed by atoms with van der Waals surface area (Å²) in [4.78, 5) is 2.09. The van der Waals surface area contributed by atoms with E-state index in [1.807, 2.05) is 7.05 Å². The average Bonchev–Trinajstić information content (AvgIpc) is 2.26. The Morgan fingerprint density at radius 2 is 2.07 bits per heavy atom. The van der Waals surface area contributed by atoms with Crippen molar-refractivity contribution < 1.29 is 0 Å². The van der Waals surface area contributed by atoms with E-state index in [-0.39, 0.29) is 0 Å². The van der Waals surface area contributed by atoms with Crippen molar-refractivity contribution in [1.29, 1.82) is 0 Å². The van der Waals surface area contributed by atoms with Crippen LogP contribution in [-0.2, 0) is 0 Å². The van der Waals surface area contributed by atoms with Crippen LogP contribution in [0.3, 0.4) is 0 Å². The third-order valence-electron chi connectivity index (χ3n) is 3.05. The predicted octanol–water partition coefficient (Wildman–Crippen LogP) is 3.61. The molecular formula is C14H17N. The van der Waals surface area contributed by atoms with Gasteiger partial charge in [0, 0.05) is 18.3 Å². The van der Waals surface area contributed by atoms with E-state index in [0.29, 0.717) is 5.92 Å². The highest BCUT2D eigenvalue weighted by molar-refractivity contribution is 5.66. The Bertz CT molecular complexity index is 404. The van der Waals surface area contributed by atoms with Crippen molar-refractivity contribution in [3.63, 3.8) is 0 Å². The zero-order chi connectivity index (χ0) is 10.8. The monoisotopic (exact) mass is 199 g/mol. The zero-order valence-electron chi connectivity index (χ0n) is 9.40. The molecule has 15 heavy (non-hydrogen) atoms. The summed E-state index contributed by atoms with van der Waals surface area (Å²) in [6, 6.07) is 8.55. The molecule has 0 radical (unpaired) electrons. The minimum atomic E-state index is 0.572. The highest BCUT2D eigenvalue weighted by Crippen LogP contribution is 2.30. The highest BCUT2D eigenvalue weighted by atomic mass is 15.1. The Balaban J connectivity index is 2.52. The molecule has 1 nitrogen and oxygen atoms in total. The molecule has 78 valence electrons. The van der Waals surface area contributed by atoms with Gasteiger partial charge in [0.15, 0.2) is 0 Å². The lowest BCUT2D eigenvalue weighted by atomic mass is 9.91. The van der Waals surface area contributed by atoms with Gasteiger partial charge in [0.1, 0.15) is 0 Å².